The van der Waals surface area contributed by atoms with Crippen molar-refractivity contribution in [2.24, 2.45) is 0 Å². The standard InChI is InChI=1S/C17H14N2O5S/c20-16(24-12-13-5-2-1-3-6-13)7-4-9-19-17(21)14-8-10-18-15(11-14)25(22)23/h1-3,5-6,8,10-11,25H,9,12H2,(H,19,21). The summed E-state index contributed by atoms with van der Waals surface area (Å²) in [5.74, 6) is 3.50. The molecular formula is C17H14N2O5S. The third kappa shape index (κ3) is 6.08. The van der Waals surface area contributed by atoms with E-state index in [9.17, 15) is 18.0 Å². The molecule has 1 heterocycles. The molecule has 0 radical (unpaired) electrons. The van der Waals surface area contributed by atoms with Crippen molar-refractivity contribution >= 4 is 22.6 Å². The SMILES string of the molecule is O=C(C#CCNC(=O)c1ccnc([SH](=O)=O)c1)OCc1ccccc1. The number of ether oxygens (including phenoxy) is 1. The fraction of sp³-hybridized carbons (Fsp3) is 0.118. The number of pyridine rings is 1. The molecule has 8 heteroatoms. The van der Waals surface area contributed by atoms with Crippen molar-refractivity contribution in [2.75, 3.05) is 6.54 Å². The third-order valence-corrected chi connectivity index (χ3v) is 3.55. The van der Waals surface area contributed by atoms with Crippen molar-refractivity contribution in [2.45, 2.75) is 11.6 Å². The quantitative estimate of drug-likeness (QED) is 0.350. The van der Waals surface area contributed by atoms with Crippen LogP contribution in [-0.2, 0) is 26.8 Å². The lowest BCUT2D eigenvalue weighted by molar-refractivity contribution is -0.137. The molecule has 0 bridgehead atoms. The number of nitrogens with one attached hydrogen (secondary N) is 1. The Morgan fingerprint density at radius 2 is 1.92 bits per heavy atom. The smallest absolute Gasteiger partial charge is 0.384 e. The van der Waals surface area contributed by atoms with Crippen LogP contribution in [0.2, 0.25) is 0 Å². The van der Waals surface area contributed by atoms with E-state index in [0.717, 1.165) is 11.6 Å². The van der Waals surface area contributed by atoms with E-state index in [-0.39, 0.29) is 23.7 Å². The van der Waals surface area contributed by atoms with Gasteiger partial charge < -0.3 is 10.1 Å². The number of carbonyl (C=O) groups excluding carboxylic acids is 2. The van der Waals surface area contributed by atoms with E-state index >= 15 is 0 Å². The number of carbonyl (C=O) groups is 2. The van der Waals surface area contributed by atoms with Crippen molar-refractivity contribution in [1.29, 1.82) is 0 Å². The van der Waals surface area contributed by atoms with Crippen LogP contribution in [-0.4, -0.2) is 31.8 Å². The van der Waals surface area contributed by atoms with Gasteiger partial charge in [-0.15, -0.1) is 0 Å². The third-order valence-electron chi connectivity index (χ3n) is 2.94. The van der Waals surface area contributed by atoms with Crippen LogP contribution < -0.4 is 5.32 Å². The second kappa shape index (κ2) is 9.20. The summed E-state index contributed by atoms with van der Waals surface area (Å²) in [5, 5.41) is 2.25. The van der Waals surface area contributed by atoms with Gasteiger partial charge in [0, 0.05) is 17.7 Å². The molecule has 25 heavy (non-hydrogen) atoms. The first kappa shape index (κ1) is 18.2. The number of hydrogen-bond acceptors (Lipinski definition) is 6. The van der Waals surface area contributed by atoms with E-state index < -0.39 is 22.6 Å². The number of esters is 1. The summed E-state index contributed by atoms with van der Waals surface area (Å²) >= 11 is 0. The molecule has 1 aromatic carbocycles. The maximum atomic E-state index is 11.9. The van der Waals surface area contributed by atoms with Gasteiger partial charge in [-0.05, 0) is 17.7 Å². The topological polar surface area (TPSA) is 102 Å². The van der Waals surface area contributed by atoms with E-state index in [4.69, 9.17) is 4.74 Å². The first-order valence-corrected chi connectivity index (χ1v) is 8.32. The molecule has 0 fully saturated rings. The average molecular weight is 358 g/mol. The van der Waals surface area contributed by atoms with E-state index in [2.05, 4.69) is 22.1 Å². The molecule has 0 spiro atoms. The molecule has 1 aromatic heterocycles. The molecule has 0 atom stereocenters. The highest BCUT2D eigenvalue weighted by Gasteiger charge is 2.06. The zero-order valence-electron chi connectivity index (χ0n) is 13.0. The molecule has 2 aromatic rings. The van der Waals surface area contributed by atoms with Crippen LogP contribution in [0, 0.1) is 11.8 Å². The van der Waals surface area contributed by atoms with Crippen molar-refractivity contribution in [1.82, 2.24) is 10.3 Å². The van der Waals surface area contributed by atoms with Crippen molar-refractivity contribution in [3.8, 4) is 11.8 Å². The van der Waals surface area contributed by atoms with Gasteiger partial charge in [0.1, 0.15) is 6.61 Å². The van der Waals surface area contributed by atoms with Crippen molar-refractivity contribution in [3.05, 3.63) is 59.8 Å². The van der Waals surface area contributed by atoms with Crippen LogP contribution in [0.5, 0.6) is 0 Å². The van der Waals surface area contributed by atoms with Gasteiger partial charge in [-0.1, -0.05) is 36.3 Å². The zero-order chi connectivity index (χ0) is 18.1. The predicted octanol–water partition coefficient (Wildman–Crippen LogP) is 0.528. The Balaban J connectivity index is 1.80. The van der Waals surface area contributed by atoms with E-state index in [1.807, 2.05) is 30.3 Å². The molecule has 1 N–H and O–H groups in total. The van der Waals surface area contributed by atoms with Gasteiger partial charge >= 0.3 is 5.97 Å². The number of nitrogens with zero attached hydrogens (tertiary/aromatic N) is 1. The Morgan fingerprint density at radius 3 is 2.64 bits per heavy atom. The summed E-state index contributed by atoms with van der Waals surface area (Å²) in [4.78, 5) is 26.9. The first-order chi connectivity index (χ1) is 12.1. The number of rotatable bonds is 5. The summed E-state index contributed by atoms with van der Waals surface area (Å²) in [7, 11) is -2.87. The largest absolute Gasteiger partial charge is 0.451 e. The second-order valence-electron chi connectivity index (χ2n) is 4.71. The molecule has 0 aliphatic rings. The molecule has 2 rings (SSSR count). The summed E-state index contributed by atoms with van der Waals surface area (Å²) in [6.07, 6.45) is 1.22. The normalized spacial score (nSPS) is 9.80. The zero-order valence-corrected chi connectivity index (χ0v) is 13.9. The van der Waals surface area contributed by atoms with Crippen LogP contribution in [0.1, 0.15) is 15.9 Å². The highest BCUT2D eigenvalue weighted by molar-refractivity contribution is 7.72. The highest BCUT2D eigenvalue weighted by atomic mass is 32.2. The average Bonchev–Trinajstić information content (AvgIpc) is 2.64. The summed E-state index contributed by atoms with van der Waals surface area (Å²) in [6.45, 7) is 0.0360. The van der Waals surface area contributed by atoms with Gasteiger partial charge in [-0.25, -0.2) is 18.2 Å². The molecule has 128 valence electrons. The van der Waals surface area contributed by atoms with Crippen LogP contribution in [0.3, 0.4) is 0 Å². The Morgan fingerprint density at radius 1 is 1.16 bits per heavy atom. The van der Waals surface area contributed by atoms with Crippen molar-refractivity contribution in [3.63, 3.8) is 0 Å². The molecular weight excluding hydrogens is 344 g/mol. The fourth-order valence-electron chi connectivity index (χ4n) is 1.76. The van der Waals surface area contributed by atoms with E-state index in [1.54, 1.807) is 0 Å². The second-order valence-corrected chi connectivity index (χ2v) is 5.68. The summed E-state index contributed by atoms with van der Waals surface area (Å²) < 4.78 is 26.6. The lowest BCUT2D eigenvalue weighted by Crippen LogP contribution is -2.23. The van der Waals surface area contributed by atoms with Gasteiger partial charge in [0.25, 0.3) is 5.91 Å². The lowest BCUT2D eigenvalue weighted by atomic mass is 10.2. The van der Waals surface area contributed by atoms with Gasteiger partial charge in [-0.3, -0.25) is 4.79 Å². The van der Waals surface area contributed by atoms with E-state index in [0.29, 0.717) is 0 Å². The maximum absolute atomic E-state index is 11.9. The lowest BCUT2D eigenvalue weighted by Gasteiger charge is -2.01. The minimum absolute atomic E-state index is 0.0829. The Labute approximate surface area is 146 Å². The van der Waals surface area contributed by atoms with Gasteiger partial charge in [0.2, 0.25) is 0 Å². The van der Waals surface area contributed by atoms with Gasteiger partial charge in [0.15, 0.2) is 15.7 Å². The summed E-state index contributed by atoms with van der Waals surface area (Å²) in [6, 6.07) is 11.7. The Hall–Kier alpha value is -3.18. The summed E-state index contributed by atoms with van der Waals surface area (Å²) in [5.41, 5.74) is 0.980. The van der Waals surface area contributed by atoms with Gasteiger partial charge in [0.05, 0.1) is 6.54 Å². The number of aromatic nitrogens is 1. The molecule has 1 amide bonds. The van der Waals surface area contributed by atoms with E-state index in [1.165, 1.54) is 12.3 Å². The fourth-order valence-corrected chi connectivity index (χ4v) is 2.17. The molecule has 0 aliphatic carbocycles. The number of benzene rings is 1. The van der Waals surface area contributed by atoms with Crippen LogP contribution in [0.25, 0.3) is 0 Å². The number of amides is 1. The highest BCUT2D eigenvalue weighted by Crippen LogP contribution is 2.03. The predicted molar refractivity (Wildman–Crippen MR) is 89.2 cm³/mol. The maximum Gasteiger partial charge on any atom is 0.384 e. The Bertz CT molecular complexity index is 890. The van der Waals surface area contributed by atoms with Gasteiger partial charge in [-0.2, -0.15) is 0 Å². The molecule has 0 unspecified atom stereocenters. The molecule has 0 aliphatic heterocycles. The van der Waals surface area contributed by atoms with Crippen LogP contribution in [0.15, 0.2) is 53.7 Å². The van der Waals surface area contributed by atoms with Crippen LogP contribution >= 0.6 is 0 Å². The van der Waals surface area contributed by atoms with Crippen LogP contribution in [0.4, 0.5) is 0 Å². The minimum atomic E-state index is -2.87. The minimum Gasteiger partial charge on any atom is -0.451 e. The Kier molecular flexibility index (Phi) is 6.68. The molecule has 7 nitrogen and oxygen atoms in total. The monoisotopic (exact) mass is 358 g/mol. The number of hydrogen-bond donors (Lipinski definition) is 2. The molecule has 0 saturated carbocycles. The molecule has 0 saturated heterocycles. The number of thiol groups is 1. The van der Waals surface area contributed by atoms with Crippen molar-refractivity contribution < 1.29 is 22.7 Å². The first-order valence-electron chi connectivity index (χ1n) is 7.14.